The van der Waals surface area contributed by atoms with Crippen LogP contribution >= 0.6 is 0 Å². The molecule has 0 aliphatic heterocycles. The molecule has 57 heavy (non-hydrogen) atoms. The molecule has 1 nitrogen and oxygen atoms in total. The fourth-order valence-corrected chi connectivity index (χ4v) is 12.0. The highest BCUT2D eigenvalue weighted by Crippen LogP contribution is 2.51. The third kappa shape index (κ3) is 11.6. The molecule has 2 aromatic carbocycles. The van der Waals surface area contributed by atoms with Crippen LogP contribution in [0.25, 0.3) is 0 Å². The number of hydrogen-bond acceptors (Lipinski definition) is 1. The van der Waals surface area contributed by atoms with Gasteiger partial charge in [0.1, 0.15) is 0 Å². The molecule has 0 heterocycles. The fraction of sp³-hybridized carbons (Fsp3) is 0.760. The Morgan fingerprint density at radius 1 is 0.421 bits per heavy atom. The van der Waals surface area contributed by atoms with E-state index in [9.17, 15) is 17.6 Å². The molecular formula is C50H72F6O. The Morgan fingerprint density at radius 2 is 0.754 bits per heavy atom. The summed E-state index contributed by atoms with van der Waals surface area (Å²) in [4.78, 5) is 0. The van der Waals surface area contributed by atoms with Gasteiger partial charge in [0.15, 0.2) is 34.9 Å². The predicted molar refractivity (Wildman–Crippen MR) is 219 cm³/mol. The molecular weight excluding hydrogens is 731 g/mol. The van der Waals surface area contributed by atoms with Gasteiger partial charge in [-0.1, -0.05) is 116 Å². The Bertz CT molecular complexity index is 1390. The molecule has 2 atom stereocenters. The maximum atomic E-state index is 15.8. The zero-order valence-electron chi connectivity index (χ0n) is 35.1. The van der Waals surface area contributed by atoms with Crippen molar-refractivity contribution in [2.24, 2.45) is 47.3 Å². The van der Waals surface area contributed by atoms with Crippen LogP contribution in [0.4, 0.5) is 26.3 Å². The lowest BCUT2D eigenvalue weighted by molar-refractivity contribution is -0.0963. The van der Waals surface area contributed by atoms with E-state index < -0.39 is 47.1 Å². The summed E-state index contributed by atoms with van der Waals surface area (Å²) in [7, 11) is 0. The highest BCUT2D eigenvalue weighted by atomic mass is 19.2. The second kappa shape index (κ2) is 22.0. The third-order valence-corrected chi connectivity index (χ3v) is 15.6. The minimum absolute atomic E-state index is 0.0749. The predicted octanol–water partition coefficient (Wildman–Crippen LogP) is 16.5. The van der Waals surface area contributed by atoms with Gasteiger partial charge in [0.25, 0.3) is 0 Å². The zero-order valence-corrected chi connectivity index (χ0v) is 35.1. The molecule has 4 fully saturated rings. The molecule has 320 valence electrons. The first-order chi connectivity index (χ1) is 27.7. The smallest absolute Gasteiger partial charge is 0.194 e. The Balaban J connectivity index is 1.15. The van der Waals surface area contributed by atoms with Gasteiger partial charge in [0.2, 0.25) is 0 Å². The lowest BCUT2D eigenvalue weighted by Crippen LogP contribution is -2.32. The molecule has 0 amide bonds. The van der Waals surface area contributed by atoms with Gasteiger partial charge in [-0.05, 0) is 137 Å². The van der Waals surface area contributed by atoms with Gasteiger partial charge in [-0.2, -0.15) is 0 Å². The molecule has 7 heteroatoms. The van der Waals surface area contributed by atoms with E-state index in [0.717, 1.165) is 75.3 Å². The molecule has 2 unspecified atom stereocenters. The molecule has 6 rings (SSSR count). The highest BCUT2D eigenvalue weighted by molar-refractivity contribution is 5.26. The van der Waals surface area contributed by atoms with Gasteiger partial charge in [0.05, 0.1) is 12.2 Å². The van der Waals surface area contributed by atoms with E-state index >= 15 is 8.78 Å². The van der Waals surface area contributed by atoms with Crippen molar-refractivity contribution in [1.29, 1.82) is 0 Å². The molecule has 4 aliphatic rings. The van der Waals surface area contributed by atoms with E-state index in [1.165, 1.54) is 128 Å². The number of ether oxygens (including phenoxy) is 1. The summed E-state index contributed by atoms with van der Waals surface area (Å²) < 4.78 is 97.0. The van der Waals surface area contributed by atoms with Crippen LogP contribution in [-0.4, -0.2) is 0 Å². The summed E-state index contributed by atoms with van der Waals surface area (Å²) in [5.41, 5.74) is -0.150. The van der Waals surface area contributed by atoms with Crippen molar-refractivity contribution in [3.05, 3.63) is 70.3 Å². The molecule has 0 bridgehead atoms. The average molecular weight is 803 g/mol. The van der Waals surface area contributed by atoms with Crippen molar-refractivity contribution in [3.63, 3.8) is 0 Å². The fourth-order valence-electron chi connectivity index (χ4n) is 12.0. The van der Waals surface area contributed by atoms with Crippen LogP contribution in [-0.2, 0) is 4.74 Å². The molecule has 0 aromatic heterocycles. The molecule has 4 saturated carbocycles. The van der Waals surface area contributed by atoms with Crippen molar-refractivity contribution in [2.75, 3.05) is 0 Å². The molecule has 0 spiro atoms. The molecule has 0 saturated heterocycles. The second-order valence-corrected chi connectivity index (χ2v) is 19.1. The lowest BCUT2D eigenvalue weighted by Gasteiger charge is -2.43. The summed E-state index contributed by atoms with van der Waals surface area (Å²) >= 11 is 0. The van der Waals surface area contributed by atoms with Crippen LogP contribution in [0.15, 0.2) is 24.3 Å². The Labute approximate surface area is 340 Å². The maximum absolute atomic E-state index is 15.8. The van der Waals surface area contributed by atoms with Crippen molar-refractivity contribution in [3.8, 4) is 0 Å². The SMILES string of the molecule is CCCCCCC1CCC(C2CCC(C(OC(c3ccc(F)c(F)c3F)C3CCC(C4CCC(CCCCCC)CC4)CC3)c3ccc(F)c(F)c3F)CC2)CC1. The summed E-state index contributed by atoms with van der Waals surface area (Å²) in [6, 6.07) is 4.41. The first kappa shape index (κ1) is 44.5. The molecule has 4 aliphatic carbocycles. The Kier molecular flexibility index (Phi) is 17.2. The van der Waals surface area contributed by atoms with Crippen molar-refractivity contribution < 1.29 is 31.1 Å². The van der Waals surface area contributed by atoms with Gasteiger partial charge in [-0.15, -0.1) is 0 Å². The number of hydrogen-bond donors (Lipinski definition) is 0. The van der Waals surface area contributed by atoms with E-state index in [0.29, 0.717) is 23.7 Å². The Morgan fingerprint density at radius 3 is 1.09 bits per heavy atom. The number of unbranched alkanes of at least 4 members (excludes halogenated alkanes) is 6. The van der Waals surface area contributed by atoms with Crippen LogP contribution in [0.1, 0.15) is 204 Å². The highest BCUT2D eigenvalue weighted by Gasteiger charge is 2.41. The van der Waals surface area contributed by atoms with Crippen molar-refractivity contribution in [1.82, 2.24) is 0 Å². The summed E-state index contributed by atoms with van der Waals surface area (Å²) in [6.45, 7) is 4.50. The monoisotopic (exact) mass is 803 g/mol. The second-order valence-electron chi connectivity index (χ2n) is 19.1. The minimum atomic E-state index is -1.55. The first-order valence-corrected chi connectivity index (χ1v) is 23.6. The average Bonchev–Trinajstić information content (AvgIpc) is 3.24. The van der Waals surface area contributed by atoms with Gasteiger partial charge >= 0.3 is 0 Å². The van der Waals surface area contributed by atoms with E-state index in [-0.39, 0.29) is 23.0 Å². The van der Waals surface area contributed by atoms with Crippen LogP contribution in [0, 0.1) is 82.2 Å². The van der Waals surface area contributed by atoms with E-state index in [1.54, 1.807) is 0 Å². The summed E-state index contributed by atoms with van der Waals surface area (Å²) in [6.07, 6.45) is 27.9. The maximum Gasteiger partial charge on any atom is 0.194 e. The van der Waals surface area contributed by atoms with Crippen molar-refractivity contribution in [2.45, 2.75) is 193 Å². The van der Waals surface area contributed by atoms with Gasteiger partial charge in [-0.3, -0.25) is 0 Å². The van der Waals surface area contributed by atoms with Crippen molar-refractivity contribution >= 4 is 0 Å². The van der Waals surface area contributed by atoms with Gasteiger partial charge < -0.3 is 4.74 Å². The molecule has 2 aromatic rings. The number of rotatable bonds is 18. The van der Waals surface area contributed by atoms with Crippen LogP contribution in [0.3, 0.4) is 0 Å². The molecule has 0 radical (unpaired) electrons. The molecule has 0 N–H and O–H groups in total. The van der Waals surface area contributed by atoms with Crippen LogP contribution in [0.2, 0.25) is 0 Å². The summed E-state index contributed by atoms with van der Waals surface area (Å²) in [5, 5.41) is 0. The topological polar surface area (TPSA) is 9.23 Å². The minimum Gasteiger partial charge on any atom is -0.365 e. The van der Waals surface area contributed by atoms with Gasteiger partial charge in [-0.25, -0.2) is 26.3 Å². The summed E-state index contributed by atoms with van der Waals surface area (Å²) in [5.74, 6) is -4.53. The van der Waals surface area contributed by atoms with E-state index in [1.807, 2.05) is 0 Å². The quantitative estimate of drug-likeness (QED) is 0.0829. The third-order valence-electron chi connectivity index (χ3n) is 15.6. The van der Waals surface area contributed by atoms with Crippen LogP contribution in [0.5, 0.6) is 0 Å². The largest absolute Gasteiger partial charge is 0.365 e. The number of benzene rings is 2. The number of halogens is 6. The zero-order chi connectivity index (χ0) is 40.3. The first-order valence-electron chi connectivity index (χ1n) is 23.6. The standard InChI is InChI=1S/C50H72F6O/c1-3-5-7-9-11-33-13-17-35(18-14-33)37-21-25-39(26-22-37)49(41-29-31-43(51)47(55)45(41)53)57-50(42-30-32-44(52)48(56)46(42)54)40-27-23-38(24-28-40)36-19-15-34(16-20-36)12-10-8-6-4-2/h29-40,49-50H,3-28H2,1-2H3. The van der Waals surface area contributed by atoms with E-state index in [2.05, 4.69) is 13.8 Å². The lowest BCUT2D eigenvalue weighted by atomic mass is 9.67. The normalized spacial score (nSPS) is 29.6. The van der Waals surface area contributed by atoms with E-state index in [4.69, 9.17) is 4.74 Å². The Hall–Kier alpha value is -2.02. The van der Waals surface area contributed by atoms with Crippen LogP contribution < -0.4 is 0 Å². The van der Waals surface area contributed by atoms with Gasteiger partial charge in [0, 0.05) is 11.1 Å².